The second kappa shape index (κ2) is 6.44. The molecular weight excluding hydrogens is 220 g/mol. The van der Waals surface area contributed by atoms with Crippen LogP contribution in [-0.2, 0) is 4.79 Å². The molecular formula is C11H22N4O2. The molecule has 0 spiro atoms. The fourth-order valence-corrected chi connectivity index (χ4v) is 2.36. The Morgan fingerprint density at radius 1 is 1.47 bits per heavy atom. The molecule has 1 saturated carbocycles. The van der Waals surface area contributed by atoms with Crippen molar-refractivity contribution in [3.63, 3.8) is 0 Å². The molecule has 6 nitrogen and oxygen atoms in total. The minimum Gasteiger partial charge on any atom is -0.480 e. The lowest BCUT2D eigenvalue weighted by atomic mass is 10.1. The van der Waals surface area contributed by atoms with E-state index in [0.29, 0.717) is 19.1 Å². The van der Waals surface area contributed by atoms with Gasteiger partial charge in [0.25, 0.3) is 0 Å². The van der Waals surface area contributed by atoms with Gasteiger partial charge in [-0.1, -0.05) is 12.8 Å². The molecule has 0 aromatic rings. The molecule has 0 heterocycles. The van der Waals surface area contributed by atoms with E-state index in [1.807, 2.05) is 4.90 Å². The highest BCUT2D eigenvalue weighted by Gasteiger charge is 2.29. The Labute approximate surface area is 102 Å². The van der Waals surface area contributed by atoms with Crippen LogP contribution in [0.2, 0.25) is 0 Å². The van der Waals surface area contributed by atoms with Gasteiger partial charge in [0.15, 0.2) is 5.96 Å². The molecule has 0 amide bonds. The molecule has 1 atom stereocenters. The van der Waals surface area contributed by atoms with Gasteiger partial charge in [-0.15, -0.1) is 0 Å². The van der Waals surface area contributed by atoms with Crippen molar-refractivity contribution in [1.82, 2.24) is 4.90 Å². The van der Waals surface area contributed by atoms with Gasteiger partial charge in [0.1, 0.15) is 6.04 Å². The Morgan fingerprint density at radius 2 is 2.06 bits per heavy atom. The Balaban J connectivity index is 2.58. The molecule has 6 heteroatoms. The molecule has 0 saturated heterocycles. The summed E-state index contributed by atoms with van der Waals surface area (Å²) in [4.78, 5) is 17.0. The maximum Gasteiger partial charge on any atom is 0.320 e. The van der Waals surface area contributed by atoms with Crippen LogP contribution in [0.1, 0.15) is 32.6 Å². The van der Waals surface area contributed by atoms with Crippen LogP contribution in [0.25, 0.3) is 0 Å². The van der Waals surface area contributed by atoms with Crippen LogP contribution in [0.5, 0.6) is 0 Å². The van der Waals surface area contributed by atoms with E-state index in [4.69, 9.17) is 16.6 Å². The summed E-state index contributed by atoms with van der Waals surface area (Å²) >= 11 is 0. The zero-order chi connectivity index (χ0) is 12.8. The first-order valence-corrected chi connectivity index (χ1v) is 6.06. The van der Waals surface area contributed by atoms with Crippen LogP contribution < -0.4 is 11.5 Å². The smallest absolute Gasteiger partial charge is 0.320 e. The summed E-state index contributed by atoms with van der Waals surface area (Å²) in [6, 6.07) is -0.123. The Hall–Kier alpha value is -1.30. The van der Waals surface area contributed by atoms with E-state index in [9.17, 15) is 4.79 Å². The minimum absolute atomic E-state index is 0.0550. The average Bonchev–Trinajstić information content (AvgIpc) is 2.76. The summed E-state index contributed by atoms with van der Waals surface area (Å²) < 4.78 is 0. The predicted octanol–water partition coefficient (Wildman–Crippen LogP) is -0.0225. The molecule has 1 fully saturated rings. The molecule has 1 aliphatic carbocycles. The second-order valence-electron chi connectivity index (χ2n) is 4.50. The number of carboxylic acid groups (broad SMARTS) is 1. The van der Waals surface area contributed by atoms with Gasteiger partial charge in [0.05, 0.1) is 6.54 Å². The van der Waals surface area contributed by atoms with E-state index in [0.717, 1.165) is 12.8 Å². The third-order valence-corrected chi connectivity index (χ3v) is 3.30. The second-order valence-corrected chi connectivity index (χ2v) is 4.50. The predicted molar refractivity (Wildman–Crippen MR) is 66.7 cm³/mol. The van der Waals surface area contributed by atoms with E-state index < -0.39 is 12.0 Å². The average molecular weight is 242 g/mol. The zero-order valence-corrected chi connectivity index (χ0v) is 10.3. The van der Waals surface area contributed by atoms with Crippen LogP contribution in [0.3, 0.4) is 0 Å². The van der Waals surface area contributed by atoms with Crippen molar-refractivity contribution in [3.05, 3.63) is 0 Å². The summed E-state index contributed by atoms with van der Waals surface area (Å²) in [5, 5.41) is 9.09. The Morgan fingerprint density at radius 3 is 2.53 bits per heavy atom. The van der Waals surface area contributed by atoms with Gasteiger partial charge in [-0.25, -0.2) is 0 Å². The van der Waals surface area contributed by atoms with E-state index >= 15 is 0 Å². The molecule has 0 unspecified atom stereocenters. The number of rotatable bonds is 6. The lowest BCUT2D eigenvalue weighted by Crippen LogP contribution is -2.46. The van der Waals surface area contributed by atoms with Crippen molar-refractivity contribution < 1.29 is 9.90 Å². The van der Waals surface area contributed by atoms with Crippen molar-refractivity contribution >= 4 is 11.9 Å². The standard InChI is InChI=1S/C11H22N4O2/c1-8(10(16)17)15(7-6-14-11(12)13)9-4-2-3-5-9/h8-9H,2-7H2,1H3,(H,16,17)(H4,12,13,14)/t8-/m0/s1. The van der Waals surface area contributed by atoms with Crippen LogP contribution in [-0.4, -0.2) is 47.1 Å². The summed E-state index contributed by atoms with van der Waals surface area (Å²) in [6.45, 7) is 2.77. The number of guanidine groups is 1. The third-order valence-electron chi connectivity index (χ3n) is 3.30. The zero-order valence-electron chi connectivity index (χ0n) is 10.3. The van der Waals surface area contributed by atoms with Crippen molar-refractivity contribution in [3.8, 4) is 0 Å². The van der Waals surface area contributed by atoms with Crippen LogP contribution >= 0.6 is 0 Å². The molecule has 1 rings (SSSR count). The molecule has 0 bridgehead atoms. The fraction of sp³-hybridized carbons (Fsp3) is 0.818. The molecule has 0 aliphatic heterocycles. The Kier molecular flexibility index (Phi) is 5.21. The normalized spacial score (nSPS) is 18.2. The van der Waals surface area contributed by atoms with E-state index in [2.05, 4.69) is 4.99 Å². The number of aliphatic carboxylic acids is 1. The molecule has 17 heavy (non-hydrogen) atoms. The number of carbonyl (C=O) groups is 1. The third kappa shape index (κ3) is 4.22. The number of hydrogen-bond acceptors (Lipinski definition) is 3. The minimum atomic E-state index is -0.790. The van der Waals surface area contributed by atoms with Crippen molar-refractivity contribution in [2.45, 2.75) is 44.7 Å². The van der Waals surface area contributed by atoms with Crippen LogP contribution in [0.15, 0.2) is 4.99 Å². The summed E-state index contributed by atoms with van der Waals surface area (Å²) in [5.74, 6) is -0.735. The van der Waals surface area contributed by atoms with Gasteiger partial charge in [0, 0.05) is 12.6 Å². The first-order valence-electron chi connectivity index (χ1n) is 6.06. The summed E-state index contributed by atoms with van der Waals surface area (Å²) in [7, 11) is 0. The van der Waals surface area contributed by atoms with Gasteiger partial charge in [-0.05, 0) is 19.8 Å². The summed E-state index contributed by atoms with van der Waals surface area (Å²) in [5.41, 5.74) is 10.5. The first kappa shape index (κ1) is 13.8. The van der Waals surface area contributed by atoms with Crippen molar-refractivity contribution in [2.75, 3.05) is 13.1 Å². The molecule has 0 aromatic carbocycles. The SMILES string of the molecule is C[C@@H](C(=O)O)N(CCN=C(N)N)C1CCCC1. The molecule has 1 aliphatic rings. The monoisotopic (exact) mass is 242 g/mol. The number of nitrogens with zero attached hydrogens (tertiary/aromatic N) is 2. The largest absolute Gasteiger partial charge is 0.480 e. The molecule has 5 N–H and O–H groups in total. The van der Waals surface area contributed by atoms with Crippen molar-refractivity contribution in [2.24, 2.45) is 16.5 Å². The Bertz CT molecular complexity index is 283. The quantitative estimate of drug-likeness (QED) is 0.448. The highest BCUT2D eigenvalue weighted by atomic mass is 16.4. The van der Waals surface area contributed by atoms with E-state index in [-0.39, 0.29) is 5.96 Å². The number of carboxylic acids is 1. The lowest BCUT2D eigenvalue weighted by Gasteiger charge is -2.31. The molecule has 98 valence electrons. The van der Waals surface area contributed by atoms with E-state index in [1.54, 1.807) is 6.92 Å². The number of aliphatic imine (C=N–C) groups is 1. The number of hydrogen-bond donors (Lipinski definition) is 3. The maximum atomic E-state index is 11.1. The van der Waals surface area contributed by atoms with Gasteiger partial charge in [0.2, 0.25) is 0 Å². The van der Waals surface area contributed by atoms with Crippen LogP contribution in [0.4, 0.5) is 0 Å². The van der Waals surface area contributed by atoms with Gasteiger partial charge < -0.3 is 16.6 Å². The summed E-state index contributed by atoms with van der Waals surface area (Å²) in [6.07, 6.45) is 4.49. The maximum absolute atomic E-state index is 11.1. The van der Waals surface area contributed by atoms with Gasteiger partial charge >= 0.3 is 5.97 Å². The highest BCUT2D eigenvalue weighted by Crippen LogP contribution is 2.24. The van der Waals surface area contributed by atoms with Crippen LogP contribution in [0, 0.1) is 0 Å². The van der Waals surface area contributed by atoms with E-state index in [1.165, 1.54) is 12.8 Å². The van der Waals surface area contributed by atoms with Gasteiger partial charge in [-0.2, -0.15) is 0 Å². The number of nitrogens with two attached hydrogens (primary N) is 2. The van der Waals surface area contributed by atoms with Crippen molar-refractivity contribution in [1.29, 1.82) is 0 Å². The lowest BCUT2D eigenvalue weighted by molar-refractivity contribution is -0.143. The highest BCUT2D eigenvalue weighted by molar-refractivity contribution is 5.75. The molecule has 0 radical (unpaired) electrons. The topological polar surface area (TPSA) is 105 Å². The molecule has 0 aromatic heterocycles. The first-order chi connectivity index (χ1) is 8.02. The van der Waals surface area contributed by atoms with Gasteiger partial charge in [-0.3, -0.25) is 14.7 Å². The fourth-order valence-electron chi connectivity index (χ4n) is 2.36.